The number of amides is 1. The number of aromatic nitrogens is 2. The first-order valence-corrected chi connectivity index (χ1v) is 8.42. The lowest BCUT2D eigenvalue weighted by Crippen LogP contribution is -2.23. The molecule has 0 saturated carbocycles. The molecular weight excluding hydrogens is 367 g/mol. The molecule has 1 amide bonds. The first-order valence-electron chi connectivity index (χ1n) is 8.42. The van der Waals surface area contributed by atoms with Crippen molar-refractivity contribution >= 4 is 5.91 Å². The molecule has 0 spiro atoms. The lowest BCUT2D eigenvalue weighted by atomic mass is 10.1. The Bertz CT molecular complexity index is 990. The molecule has 1 aromatic heterocycles. The monoisotopic (exact) mass is 386 g/mol. The van der Waals surface area contributed by atoms with E-state index in [1.165, 1.54) is 25.3 Å². The quantitative estimate of drug-likeness (QED) is 0.642. The number of aryl methyl sites for hydroxylation is 1. The molecule has 3 N–H and O–H groups in total. The fourth-order valence-electron chi connectivity index (χ4n) is 2.45. The van der Waals surface area contributed by atoms with E-state index in [4.69, 9.17) is 15.2 Å². The van der Waals surface area contributed by atoms with Crippen LogP contribution in [0.4, 0.5) is 4.39 Å². The highest BCUT2D eigenvalue weighted by atomic mass is 19.1. The molecule has 28 heavy (non-hydrogen) atoms. The third-order valence-electron chi connectivity index (χ3n) is 4.04. The molecule has 0 aliphatic rings. The van der Waals surface area contributed by atoms with Crippen molar-refractivity contribution in [3.05, 3.63) is 64.7 Å². The number of nitrogens with one attached hydrogen (secondary N) is 1. The number of carbonyl (C=O) groups excluding carboxylic acids is 1. The summed E-state index contributed by atoms with van der Waals surface area (Å²) in [6, 6.07) is 9.05. The highest BCUT2D eigenvalue weighted by Crippen LogP contribution is 2.33. The molecule has 0 atom stereocenters. The number of carbonyl (C=O) groups is 1. The Morgan fingerprint density at radius 3 is 2.61 bits per heavy atom. The number of benzene rings is 2. The Morgan fingerprint density at radius 2 is 1.96 bits per heavy atom. The summed E-state index contributed by atoms with van der Waals surface area (Å²) in [5, 5.41) is 10.1. The van der Waals surface area contributed by atoms with Crippen LogP contribution in [0.15, 0.2) is 41.0 Å². The molecule has 9 heteroatoms. The normalized spacial score (nSPS) is 10.6. The van der Waals surface area contributed by atoms with Crippen LogP contribution in [0.2, 0.25) is 0 Å². The fourth-order valence-corrected chi connectivity index (χ4v) is 2.45. The minimum atomic E-state index is -0.561. The first kappa shape index (κ1) is 19.3. The third kappa shape index (κ3) is 4.26. The van der Waals surface area contributed by atoms with Gasteiger partial charge in [-0.15, -0.1) is 0 Å². The second-order valence-electron chi connectivity index (χ2n) is 5.92. The van der Waals surface area contributed by atoms with E-state index in [0.29, 0.717) is 28.3 Å². The van der Waals surface area contributed by atoms with Gasteiger partial charge in [-0.3, -0.25) is 4.79 Å². The van der Waals surface area contributed by atoms with Gasteiger partial charge >= 0.3 is 0 Å². The molecule has 0 unspecified atom stereocenters. The van der Waals surface area contributed by atoms with Gasteiger partial charge < -0.3 is 20.5 Å². The van der Waals surface area contributed by atoms with Gasteiger partial charge in [-0.2, -0.15) is 0 Å². The van der Waals surface area contributed by atoms with Gasteiger partial charge in [-0.1, -0.05) is 16.4 Å². The van der Waals surface area contributed by atoms with Crippen LogP contribution in [0.25, 0.3) is 0 Å². The maximum Gasteiger partial charge on any atom is 0.251 e. The zero-order valence-corrected chi connectivity index (χ0v) is 15.4. The number of rotatable bonds is 7. The van der Waals surface area contributed by atoms with Gasteiger partial charge in [0.15, 0.2) is 23.1 Å². The zero-order chi connectivity index (χ0) is 20.1. The second-order valence-corrected chi connectivity index (χ2v) is 5.92. The summed E-state index contributed by atoms with van der Waals surface area (Å²) in [7, 11) is 1.45. The number of hydrogen-bond acceptors (Lipinski definition) is 7. The molecule has 0 aliphatic heterocycles. The van der Waals surface area contributed by atoms with Crippen LogP contribution >= 0.6 is 0 Å². The van der Waals surface area contributed by atoms with E-state index in [0.717, 1.165) is 0 Å². The Labute approximate surface area is 160 Å². The van der Waals surface area contributed by atoms with Crippen molar-refractivity contribution in [2.45, 2.75) is 20.0 Å². The Hall–Kier alpha value is -3.46. The molecule has 1 heterocycles. The summed E-state index contributed by atoms with van der Waals surface area (Å²) in [6.45, 7) is 2.10. The van der Waals surface area contributed by atoms with Crippen molar-refractivity contribution in [3.8, 4) is 17.2 Å². The van der Waals surface area contributed by atoms with Crippen LogP contribution in [0.3, 0.4) is 0 Å². The highest BCUT2D eigenvalue weighted by molar-refractivity contribution is 5.94. The molecule has 0 radical (unpaired) electrons. The largest absolute Gasteiger partial charge is 0.493 e. The van der Waals surface area contributed by atoms with Gasteiger partial charge in [0.1, 0.15) is 11.4 Å². The van der Waals surface area contributed by atoms with E-state index in [9.17, 15) is 9.18 Å². The van der Waals surface area contributed by atoms with E-state index in [1.54, 1.807) is 25.1 Å². The topological polar surface area (TPSA) is 112 Å². The molecule has 8 nitrogen and oxygen atoms in total. The summed E-state index contributed by atoms with van der Waals surface area (Å²) < 4.78 is 29.7. The molecule has 0 aliphatic carbocycles. The van der Waals surface area contributed by atoms with Gasteiger partial charge in [0.25, 0.3) is 5.91 Å². The summed E-state index contributed by atoms with van der Waals surface area (Å²) >= 11 is 0. The summed E-state index contributed by atoms with van der Waals surface area (Å²) in [5.41, 5.74) is 7.58. The molecule has 0 bridgehead atoms. The van der Waals surface area contributed by atoms with Crippen LogP contribution in [0, 0.1) is 12.7 Å². The standard InChI is InChI=1S/C19H19FN4O4/c1-11-15(24-28-23-11)10-22-19(25)13-4-6-17(26-2)18(8-13)27-16-5-3-12(9-21)7-14(16)20/h3-8H,9-10,21H2,1-2H3,(H,22,25). The Kier molecular flexibility index (Phi) is 5.85. The van der Waals surface area contributed by atoms with Crippen LogP contribution in [0.5, 0.6) is 17.2 Å². The first-order chi connectivity index (χ1) is 13.5. The molecule has 2 aromatic carbocycles. The van der Waals surface area contributed by atoms with Crippen molar-refractivity contribution in [1.82, 2.24) is 15.6 Å². The van der Waals surface area contributed by atoms with Crippen LogP contribution < -0.4 is 20.5 Å². The van der Waals surface area contributed by atoms with Crippen molar-refractivity contribution in [1.29, 1.82) is 0 Å². The van der Waals surface area contributed by atoms with Crippen LogP contribution in [-0.2, 0) is 13.1 Å². The predicted molar refractivity (Wildman–Crippen MR) is 97.6 cm³/mol. The number of ether oxygens (including phenoxy) is 2. The van der Waals surface area contributed by atoms with E-state index < -0.39 is 5.82 Å². The van der Waals surface area contributed by atoms with Gasteiger partial charge in [0, 0.05) is 12.1 Å². The van der Waals surface area contributed by atoms with Crippen molar-refractivity contribution < 1.29 is 23.3 Å². The second kappa shape index (κ2) is 8.49. The summed E-state index contributed by atoms with van der Waals surface area (Å²) in [4.78, 5) is 12.4. The number of hydrogen-bond donors (Lipinski definition) is 2. The van der Waals surface area contributed by atoms with Crippen molar-refractivity contribution in [3.63, 3.8) is 0 Å². The molecule has 3 aromatic rings. The van der Waals surface area contributed by atoms with E-state index in [-0.39, 0.29) is 30.5 Å². The zero-order valence-electron chi connectivity index (χ0n) is 15.4. The molecule has 3 rings (SSSR count). The summed E-state index contributed by atoms with van der Waals surface area (Å²) in [5.74, 6) is -0.371. The van der Waals surface area contributed by atoms with Gasteiger partial charge in [0.05, 0.1) is 13.7 Å². The number of nitrogens with zero attached hydrogens (tertiary/aromatic N) is 2. The fraction of sp³-hybridized carbons (Fsp3) is 0.211. The van der Waals surface area contributed by atoms with E-state index >= 15 is 0 Å². The Morgan fingerprint density at radius 1 is 1.18 bits per heavy atom. The van der Waals surface area contributed by atoms with Crippen molar-refractivity contribution in [2.24, 2.45) is 5.73 Å². The molecular formula is C19H19FN4O4. The van der Waals surface area contributed by atoms with Crippen LogP contribution in [-0.4, -0.2) is 23.3 Å². The average Bonchev–Trinajstić information content (AvgIpc) is 3.12. The van der Waals surface area contributed by atoms with Crippen LogP contribution in [0.1, 0.15) is 27.3 Å². The van der Waals surface area contributed by atoms with Gasteiger partial charge in [-0.25, -0.2) is 9.02 Å². The minimum Gasteiger partial charge on any atom is -0.493 e. The van der Waals surface area contributed by atoms with Crippen molar-refractivity contribution in [2.75, 3.05) is 7.11 Å². The number of nitrogens with two attached hydrogens (primary N) is 1. The predicted octanol–water partition coefficient (Wildman–Crippen LogP) is 2.71. The molecule has 0 saturated heterocycles. The lowest BCUT2D eigenvalue weighted by molar-refractivity contribution is 0.0949. The smallest absolute Gasteiger partial charge is 0.251 e. The lowest BCUT2D eigenvalue weighted by Gasteiger charge is -2.13. The molecule has 146 valence electrons. The highest BCUT2D eigenvalue weighted by Gasteiger charge is 2.15. The van der Waals surface area contributed by atoms with E-state index in [2.05, 4.69) is 20.3 Å². The summed E-state index contributed by atoms with van der Waals surface area (Å²) in [6.07, 6.45) is 0. The SMILES string of the molecule is COc1ccc(C(=O)NCc2nonc2C)cc1Oc1ccc(CN)cc1F. The van der Waals surface area contributed by atoms with Gasteiger partial charge in [0.2, 0.25) is 0 Å². The number of methoxy groups -OCH3 is 1. The third-order valence-corrected chi connectivity index (χ3v) is 4.04. The maximum atomic E-state index is 14.2. The van der Waals surface area contributed by atoms with Gasteiger partial charge in [-0.05, 0) is 42.8 Å². The number of halogens is 1. The van der Waals surface area contributed by atoms with E-state index in [1.807, 2.05) is 0 Å². The molecule has 0 fully saturated rings. The minimum absolute atomic E-state index is 0.00245. The average molecular weight is 386 g/mol. The Balaban J connectivity index is 1.79. The maximum absolute atomic E-state index is 14.2.